The first kappa shape index (κ1) is 16.9. The molecule has 0 radical (unpaired) electrons. The smallest absolute Gasteiger partial charge is 0.0594 e. The van der Waals surface area contributed by atoms with E-state index in [9.17, 15) is 0 Å². The Hall–Kier alpha value is -0.910. The van der Waals surface area contributed by atoms with E-state index in [0.29, 0.717) is 0 Å². The van der Waals surface area contributed by atoms with Crippen LogP contribution in [0.25, 0.3) is 0 Å². The number of benzene rings is 1. The summed E-state index contributed by atoms with van der Waals surface area (Å²) in [7, 11) is 0. The molecule has 1 aromatic carbocycles. The molecule has 3 nitrogen and oxygen atoms in total. The maximum Gasteiger partial charge on any atom is 0.0594 e. The number of hydrogen-bond acceptors (Lipinski definition) is 4. The molecular weight excluding hydrogens is 328 g/mol. The van der Waals surface area contributed by atoms with Gasteiger partial charge in [0.2, 0.25) is 0 Å². The van der Waals surface area contributed by atoms with E-state index in [0.717, 1.165) is 44.4 Å². The van der Waals surface area contributed by atoms with E-state index in [4.69, 9.17) is 16.3 Å². The molecule has 0 saturated carbocycles. The summed E-state index contributed by atoms with van der Waals surface area (Å²) in [5.41, 5.74) is 2.56. The summed E-state index contributed by atoms with van der Waals surface area (Å²) in [5, 5.41) is 6.62. The van der Waals surface area contributed by atoms with Crippen LogP contribution in [0, 0.1) is 6.92 Å². The first-order valence-electron chi connectivity index (χ1n) is 8.05. The van der Waals surface area contributed by atoms with Crippen LogP contribution in [0.5, 0.6) is 0 Å². The largest absolute Gasteiger partial charge is 0.379 e. The van der Waals surface area contributed by atoms with Crippen LogP contribution in [-0.2, 0) is 11.3 Å². The zero-order valence-electron chi connectivity index (χ0n) is 13.4. The Labute approximate surface area is 147 Å². The Morgan fingerprint density at radius 1 is 1.26 bits per heavy atom. The first-order chi connectivity index (χ1) is 11.3. The van der Waals surface area contributed by atoms with E-state index < -0.39 is 0 Å². The van der Waals surface area contributed by atoms with Crippen LogP contribution in [-0.4, -0.2) is 37.7 Å². The van der Waals surface area contributed by atoms with Crippen molar-refractivity contribution in [1.29, 1.82) is 0 Å². The Bertz CT molecular complexity index is 625. The second kappa shape index (κ2) is 8.27. The Balaban J connectivity index is 1.70. The Kier molecular flexibility index (Phi) is 6.08. The summed E-state index contributed by atoms with van der Waals surface area (Å²) < 4.78 is 5.50. The average Bonchev–Trinajstić information content (AvgIpc) is 2.99. The molecule has 1 aromatic heterocycles. The van der Waals surface area contributed by atoms with Crippen LogP contribution in [0.2, 0.25) is 5.02 Å². The van der Waals surface area contributed by atoms with E-state index in [1.165, 1.54) is 16.0 Å². The van der Waals surface area contributed by atoms with Crippen molar-refractivity contribution in [2.45, 2.75) is 19.5 Å². The summed E-state index contributed by atoms with van der Waals surface area (Å²) >= 11 is 8.27. The molecule has 0 aliphatic carbocycles. The molecule has 23 heavy (non-hydrogen) atoms. The van der Waals surface area contributed by atoms with Gasteiger partial charge in [0.05, 0.1) is 13.2 Å². The van der Waals surface area contributed by atoms with Crippen molar-refractivity contribution in [3.63, 3.8) is 0 Å². The molecule has 2 aromatic rings. The fourth-order valence-electron chi connectivity index (χ4n) is 2.98. The third-order valence-corrected chi connectivity index (χ3v) is 5.71. The molecule has 1 N–H and O–H groups in total. The monoisotopic (exact) mass is 350 g/mol. The molecule has 124 valence electrons. The third kappa shape index (κ3) is 4.34. The number of halogens is 1. The lowest BCUT2D eigenvalue weighted by molar-refractivity contribution is 0.0161. The van der Waals surface area contributed by atoms with Gasteiger partial charge in [0.15, 0.2) is 0 Å². The number of rotatable bonds is 6. The molecule has 1 aliphatic heterocycles. The molecule has 0 bridgehead atoms. The summed E-state index contributed by atoms with van der Waals surface area (Å²) in [6.07, 6.45) is 0. The van der Waals surface area contributed by atoms with Crippen molar-refractivity contribution >= 4 is 22.9 Å². The minimum Gasteiger partial charge on any atom is -0.379 e. The number of thiophene rings is 1. The summed E-state index contributed by atoms with van der Waals surface area (Å²) in [5.74, 6) is 0. The fraction of sp³-hybridized carbons (Fsp3) is 0.444. The van der Waals surface area contributed by atoms with Gasteiger partial charge < -0.3 is 10.1 Å². The molecule has 1 atom stereocenters. The van der Waals surface area contributed by atoms with Gasteiger partial charge in [-0.05, 0) is 35.6 Å². The molecule has 1 saturated heterocycles. The minimum atomic E-state index is 0.285. The van der Waals surface area contributed by atoms with Crippen molar-refractivity contribution in [2.75, 3.05) is 32.8 Å². The molecule has 5 heteroatoms. The highest BCUT2D eigenvalue weighted by Gasteiger charge is 2.24. The average molecular weight is 351 g/mol. The van der Waals surface area contributed by atoms with Gasteiger partial charge in [0.25, 0.3) is 0 Å². The first-order valence-corrected chi connectivity index (χ1v) is 9.31. The second-order valence-electron chi connectivity index (χ2n) is 5.84. The standard InChI is InChI=1S/C18H23ClN2OS/c1-14-6-11-23-18(14)13-20-12-17(21-7-9-22-10-8-21)15-4-2-3-5-16(15)19/h2-6,11,17,20H,7-10,12-13H2,1H3/t17-/m1/s1. The zero-order chi connectivity index (χ0) is 16.1. The zero-order valence-corrected chi connectivity index (χ0v) is 15.0. The topological polar surface area (TPSA) is 24.5 Å². The molecule has 0 amide bonds. The van der Waals surface area contributed by atoms with E-state index in [-0.39, 0.29) is 6.04 Å². The maximum absolute atomic E-state index is 6.46. The lowest BCUT2D eigenvalue weighted by Crippen LogP contribution is -2.42. The van der Waals surface area contributed by atoms with Crippen LogP contribution in [0.3, 0.4) is 0 Å². The molecule has 1 aliphatic rings. The highest BCUT2D eigenvalue weighted by molar-refractivity contribution is 7.10. The lowest BCUT2D eigenvalue weighted by atomic mass is 10.0. The number of hydrogen-bond donors (Lipinski definition) is 1. The lowest BCUT2D eigenvalue weighted by Gasteiger charge is -2.35. The fourth-order valence-corrected chi connectivity index (χ4v) is 4.12. The SMILES string of the molecule is Cc1ccsc1CNC[C@H](c1ccccc1Cl)N1CCOCC1. The van der Waals surface area contributed by atoms with Gasteiger partial charge in [-0.2, -0.15) is 0 Å². The quantitative estimate of drug-likeness (QED) is 0.855. The van der Waals surface area contributed by atoms with Gasteiger partial charge in [-0.3, -0.25) is 4.90 Å². The van der Waals surface area contributed by atoms with E-state index >= 15 is 0 Å². The van der Waals surface area contributed by atoms with Gasteiger partial charge in [-0.25, -0.2) is 0 Å². The Morgan fingerprint density at radius 2 is 2.04 bits per heavy atom. The number of morpholine rings is 1. The van der Waals surface area contributed by atoms with Crippen molar-refractivity contribution in [2.24, 2.45) is 0 Å². The van der Waals surface area contributed by atoms with Crippen LogP contribution >= 0.6 is 22.9 Å². The highest BCUT2D eigenvalue weighted by atomic mass is 35.5. The van der Waals surface area contributed by atoms with E-state index in [2.05, 4.69) is 40.7 Å². The van der Waals surface area contributed by atoms with Crippen LogP contribution in [0.1, 0.15) is 22.0 Å². The van der Waals surface area contributed by atoms with E-state index in [1.807, 2.05) is 23.5 Å². The van der Waals surface area contributed by atoms with E-state index in [1.54, 1.807) is 0 Å². The van der Waals surface area contributed by atoms with Gasteiger partial charge >= 0.3 is 0 Å². The highest BCUT2D eigenvalue weighted by Crippen LogP contribution is 2.28. The van der Waals surface area contributed by atoms with Crippen molar-refractivity contribution in [3.05, 3.63) is 56.7 Å². The maximum atomic E-state index is 6.46. The van der Waals surface area contributed by atoms with Crippen LogP contribution in [0.15, 0.2) is 35.7 Å². The van der Waals surface area contributed by atoms with Gasteiger partial charge in [0.1, 0.15) is 0 Å². The second-order valence-corrected chi connectivity index (χ2v) is 7.25. The van der Waals surface area contributed by atoms with Crippen LogP contribution < -0.4 is 5.32 Å². The number of nitrogens with zero attached hydrogens (tertiary/aromatic N) is 1. The molecule has 1 fully saturated rings. The Morgan fingerprint density at radius 3 is 2.74 bits per heavy atom. The number of nitrogens with one attached hydrogen (secondary N) is 1. The molecule has 0 unspecified atom stereocenters. The van der Waals surface area contributed by atoms with Gasteiger partial charge in [0, 0.05) is 42.1 Å². The summed E-state index contributed by atoms with van der Waals surface area (Å²) in [6, 6.07) is 10.6. The number of aryl methyl sites for hydroxylation is 1. The van der Waals surface area contributed by atoms with Crippen molar-refractivity contribution in [3.8, 4) is 0 Å². The van der Waals surface area contributed by atoms with Crippen molar-refractivity contribution in [1.82, 2.24) is 10.2 Å². The van der Waals surface area contributed by atoms with Gasteiger partial charge in [-0.15, -0.1) is 11.3 Å². The summed E-state index contributed by atoms with van der Waals surface area (Å²) in [6.45, 7) is 7.47. The normalized spacial score (nSPS) is 17.3. The minimum absolute atomic E-state index is 0.285. The molecular formula is C18H23ClN2OS. The summed E-state index contributed by atoms with van der Waals surface area (Å²) in [4.78, 5) is 3.88. The van der Waals surface area contributed by atoms with Crippen molar-refractivity contribution < 1.29 is 4.74 Å². The number of ether oxygens (including phenoxy) is 1. The van der Waals surface area contributed by atoms with Crippen LogP contribution in [0.4, 0.5) is 0 Å². The predicted molar refractivity (Wildman–Crippen MR) is 97.3 cm³/mol. The third-order valence-electron chi connectivity index (χ3n) is 4.34. The molecule has 3 rings (SSSR count). The predicted octanol–water partition coefficient (Wildman–Crippen LogP) is 3.87. The molecule has 2 heterocycles. The molecule has 0 spiro atoms. The van der Waals surface area contributed by atoms with Gasteiger partial charge in [-0.1, -0.05) is 29.8 Å².